The maximum absolute atomic E-state index is 14.0. The summed E-state index contributed by atoms with van der Waals surface area (Å²) < 4.78 is 19.1. The minimum absolute atomic E-state index is 0.120. The van der Waals surface area contributed by atoms with Gasteiger partial charge in [0.1, 0.15) is 11.6 Å². The molecule has 2 aromatic rings. The van der Waals surface area contributed by atoms with Crippen molar-refractivity contribution in [2.45, 2.75) is 26.2 Å². The summed E-state index contributed by atoms with van der Waals surface area (Å²) in [4.78, 5) is 11.6. The number of benzene rings is 2. The van der Waals surface area contributed by atoms with Crippen LogP contribution in [0, 0.1) is 19.7 Å². The highest BCUT2D eigenvalue weighted by Gasteiger charge is 2.23. The smallest absolute Gasteiger partial charge is 0.311 e. The van der Waals surface area contributed by atoms with E-state index < -0.39 is 11.9 Å². The molecule has 0 aliphatic rings. The molecule has 0 saturated carbocycles. The van der Waals surface area contributed by atoms with E-state index in [1.807, 2.05) is 6.92 Å². The van der Waals surface area contributed by atoms with E-state index in [0.29, 0.717) is 16.9 Å². The summed E-state index contributed by atoms with van der Waals surface area (Å²) in [6.07, 6.45) is 0.120. The molecule has 1 unspecified atom stereocenters. The maximum Gasteiger partial charge on any atom is 0.311 e. The number of hydrogen-bond donors (Lipinski definition) is 1. The Morgan fingerprint density at radius 2 is 1.95 bits per heavy atom. The molecule has 0 fully saturated rings. The van der Waals surface area contributed by atoms with Gasteiger partial charge in [0.25, 0.3) is 0 Å². The van der Waals surface area contributed by atoms with Crippen LogP contribution in [0.5, 0.6) is 5.75 Å². The van der Waals surface area contributed by atoms with Crippen molar-refractivity contribution in [2.75, 3.05) is 7.11 Å². The second kappa shape index (κ2) is 6.60. The van der Waals surface area contributed by atoms with Gasteiger partial charge in [-0.15, -0.1) is 0 Å². The number of carboxylic acids is 1. The molecule has 1 N–H and O–H groups in total. The van der Waals surface area contributed by atoms with E-state index in [1.165, 1.54) is 6.07 Å². The second-order valence-electron chi connectivity index (χ2n) is 5.41. The summed E-state index contributed by atoms with van der Waals surface area (Å²) in [5, 5.41) is 9.53. The normalized spacial score (nSPS) is 12.0. The quantitative estimate of drug-likeness (QED) is 0.912. The lowest BCUT2D eigenvalue weighted by molar-refractivity contribution is -0.138. The summed E-state index contributed by atoms with van der Waals surface area (Å²) in [5.41, 5.74) is 2.72. The molecule has 22 heavy (non-hydrogen) atoms. The number of hydrogen-bond acceptors (Lipinski definition) is 2. The minimum atomic E-state index is -0.965. The molecule has 0 aliphatic carbocycles. The maximum atomic E-state index is 14.0. The van der Waals surface area contributed by atoms with Crippen LogP contribution in [0.25, 0.3) is 0 Å². The highest BCUT2D eigenvalue weighted by atomic mass is 19.1. The lowest BCUT2D eigenvalue weighted by Crippen LogP contribution is -2.16. The molecule has 0 amide bonds. The molecule has 0 spiro atoms. The van der Waals surface area contributed by atoms with Crippen LogP contribution in [-0.4, -0.2) is 18.2 Å². The Hall–Kier alpha value is -2.36. The van der Waals surface area contributed by atoms with E-state index in [4.69, 9.17) is 4.74 Å². The fourth-order valence-corrected chi connectivity index (χ4v) is 2.53. The monoisotopic (exact) mass is 302 g/mol. The SMILES string of the molecule is COc1ccc(C(Cc2ccc(C)cc2F)C(=O)O)c(C)c1. The summed E-state index contributed by atoms with van der Waals surface area (Å²) >= 11 is 0. The van der Waals surface area contributed by atoms with Crippen LogP contribution in [0.3, 0.4) is 0 Å². The first-order valence-electron chi connectivity index (χ1n) is 7.04. The number of aliphatic carboxylic acids is 1. The van der Waals surface area contributed by atoms with Gasteiger partial charge in [0, 0.05) is 0 Å². The van der Waals surface area contributed by atoms with Crippen LogP contribution >= 0.6 is 0 Å². The molecular formula is C18H19FO3. The Balaban J connectivity index is 2.36. The van der Waals surface area contributed by atoms with Gasteiger partial charge in [0.2, 0.25) is 0 Å². The predicted molar refractivity (Wildman–Crippen MR) is 82.9 cm³/mol. The third-order valence-corrected chi connectivity index (χ3v) is 3.78. The number of aryl methyl sites for hydroxylation is 2. The molecular weight excluding hydrogens is 283 g/mol. The van der Waals surface area contributed by atoms with Gasteiger partial charge in [-0.05, 0) is 60.7 Å². The molecule has 0 radical (unpaired) electrons. The topological polar surface area (TPSA) is 46.5 Å². The van der Waals surface area contributed by atoms with Gasteiger partial charge in [-0.2, -0.15) is 0 Å². The van der Waals surface area contributed by atoms with Crippen molar-refractivity contribution in [3.8, 4) is 5.75 Å². The average molecular weight is 302 g/mol. The fraction of sp³-hybridized carbons (Fsp3) is 0.278. The van der Waals surface area contributed by atoms with Crippen molar-refractivity contribution in [1.82, 2.24) is 0 Å². The third kappa shape index (κ3) is 3.45. The van der Waals surface area contributed by atoms with Crippen LogP contribution in [0.1, 0.15) is 28.2 Å². The number of ether oxygens (including phenoxy) is 1. The molecule has 1 atom stereocenters. The lowest BCUT2D eigenvalue weighted by Gasteiger charge is -2.17. The van der Waals surface area contributed by atoms with Crippen LogP contribution in [0.2, 0.25) is 0 Å². The molecule has 116 valence electrons. The predicted octanol–water partition coefficient (Wildman–Crippen LogP) is 3.86. The van der Waals surface area contributed by atoms with Gasteiger partial charge < -0.3 is 9.84 Å². The summed E-state index contributed by atoms with van der Waals surface area (Å²) in [5.74, 6) is -1.44. The molecule has 3 nitrogen and oxygen atoms in total. The molecule has 2 rings (SSSR count). The number of methoxy groups -OCH3 is 1. The van der Waals surface area contributed by atoms with Gasteiger partial charge >= 0.3 is 5.97 Å². The average Bonchev–Trinajstić information content (AvgIpc) is 2.46. The van der Waals surface area contributed by atoms with Gasteiger partial charge in [-0.3, -0.25) is 4.79 Å². The Kier molecular flexibility index (Phi) is 4.81. The third-order valence-electron chi connectivity index (χ3n) is 3.78. The number of rotatable bonds is 5. The van der Waals surface area contributed by atoms with Crippen LogP contribution in [-0.2, 0) is 11.2 Å². The van der Waals surface area contributed by atoms with Crippen LogP contribution < -0.4 is 4.74 Å². The van der Waals surface area contributed by atoms with Crippen LogP contribution in [0.4, 0.5) is 4.39 Å². The van der Waals surface area contributed by atoms with Gasteiger partial charge in [0.15, 0.2) is 0 Å². The largest absolute Gasteiger partial charge is 0.497 e. The summed E-state index contributed by atoms with van der Waals surface area (Å²) in [6, 6.07) is 10.1. The minimum Gasteiger partial charge on any atom is -0.497 e. The summed E-state index contributed by atoms with van der Waals surface area (Å²) in [7, 11) is 1.56. The van der Waals surface area contributed by atoms with Gasteiger partial charge in [-0.25, -0.2) is 4.39 Å². The number of carbonyl (C=O) groups is 1. The molecule has 0 heterocycles. The standard InChI is InChI=1S/C18H19FO3/c1-11-4-5-13(17(19)8-11)10-16(18(20)21)15-7-6-14(22-3)9-12(15)2/h4-9,16H,10H2,1-3H3,(H,20,21). The molecule has 0 saturated heterocycles. The van der Waals surface area contributed by atoms with E-state index in [-0.39, 0.29) is 12.2 Å². The van der Waals surface area contributed by atoms with Crippen molar-refractivity contribution in [1.29, 1.82) is 0 Å². The number of halogens is 1. The molecule has 0 bridgehead atoms. The van der Waals surface area contributed by atoms with E-state index >= 15 is 0 Å². The lowest BCUT2D eigenvalue weighted by atomic mass is 9.88. The van der Waals surface area contributed by atoms with E-state index in [9.17, 15) is 14.3 Å². The van der Waals surface area contributed by atoms with Crippen molar-refractivity contribution in [3.05, 3.63) is 64.5 Å². The molecule has 4 heteroatoms. The zero-order chi connectivity index (χ0) is 16.3. The Morgan fingerprint density at radius 3 is 2.50 bits per heavy atom. The zero-order valence-corrected chi connectivity index (χ0v) is 12.9. The zero-order valence-electron chi connectivity index (χ0n) is 12.9. The molecule has 0 aromatic heterocycles. The number of carboxylic acid groups (broad SMARTS) is 1. The molecule has 2 aromatic carbocycles. The fourth-order valence-electron chi connectivity index (χ4n) is 2.53. The highest BCUT2D eigenvalue weighted by molar-refractivity contribution is 5.77. The first-order chi connectivity index (χ1) is 10.4. The first kappa shape index (κ1) is 16.0. The first-order valence-corrected chi connectivity index (χ1v) is 7.04. The summed E-state index contributed by atoms with van der Waals surface area (Å²) in [6.45, 7) is 3.63. The van der Waals surface area contributed by atoms with Crippen molar-refractivity contribution in [3.63, 3.8) is 0 Å². The highest BCUT2D eigenvalue weighted by Crippen LogP contribution is 2.28. The van der Waals surface area contributed by atoms with E-state index in [1.54, 1.807) is 44.4 Å². The van der Waals surface area contributed by atoms with E-state index in [2.05, 4.69) is 0 Å². The Morgan fingerprint density at radius 1 is 1.23 bits per heavy atom. The van der Waals surface area contributed by atoms with Crippen molar-refractivity contribution < 1.29 is 19.0 Å². The van der Waals surface area contributed by atoms with Crippen LogP contribution in [0.15, 0.2) is 36.4 Å². The van der Waals surface area contributed by atoms with Crippen molar-refractivity contribution >= 4 is 5.97 Å². The van der Waals surface area contributed by atoms with Crippen molar-refractivity contribution in [2.24, 2.45) is 0 Å². The Labute approximate surface area is 129 Å². The molecule has 0 aliphatic heterocycles. The van der Waals surface area contributed by atoms with Gasteiger partial charge in [0.05, 0.1) is 13.0 Å². The second-order valence-corrected chi connectivity index (χ2v) is 5.41. The Bertz CT molecular complexity index is 695. The van der Waals surface area contributed by atoms with Gasteiger partial charge in [-0.1, -0.05) is 18.2 Å². The van der Waals surface area contributed by atoms with E-state index in [0.717, 1.165) is 11.1 Å².